The second kappa shape index (κ2) is 5.87. The summed E-state index contributed by atoms with van der Waals surface area (Å²) in [4.78, 5) is 23.5. The number of aliphatic carboxylic acids is 1. The number of Topliss-reactive ketones (excluding diaryl/α,β-unsaturated/α-hetero) is 1. The van der Waals surface area contributed by atoms with Crippen molar-refractivity contribution < 1.29 is 27.9 Å². The second-order valence-corrected chi connectivity index (χ2v) is 5.28. The van der Waals surface area contributed by atoms with Crippen LogP contribution in [0.25, 0.3) is 0 Å². The molecule has 1 aliphatic carbocycles. The minimum absolute atomic E-state index is 0.140. The third kappa shape index (κ3) is 3.43. The molecule has 1 saturated carbocycles. The van der Waals surface area contributed by atoms with Gasteiger partial charge in [-0.1, -0.05) is 25.0 Å². The second-order valence-electron chi connectivity index (χ2n) is 5.28. The number of benzene rings is 1. The summed E-state index contributed by atoms with van der Waals surface area (Å²) in [6.07, 6.45) is -2.02. The van der Waals surface area contributed by atoms with E-state index in [1.807, 2.05) is 0 Å². The Morgan fingerprint density at radius 1 is 1.00 bits per heavy atom. The number of carbonyl (C=O) groups is 2. The van der Waals surface area contributed by atoms with Crippen LogP contribution in [0.3, 0.4) is 0 Å². The minimum atomic E-state index is -4.45. The molecule has 6 heteroatoms. The molecule has 0 aliphatic heterocycles. The van der Waals surface area contributed by atoms with E-state index < -0.39 is 29.5 Å². The van der Waals surface area contributed by atoms with E-state index in [1.165, 1.54) is 0 Å². The highest BCUT2D eigenvalue weighted by Gasteiger charge is 2.36. The smallest absolute Gasteiger partial charge is 0.416 e. The van der Waals surface area contributed by atoms with Crippen molar-refractivity contribution in [2.45, 2.75) is 31.9 Å². The van der Waals surface area contributed by atoms with Gasteiger partial charge in [-0.25, -0.2) is 0 Å². The SMILES string of the molecule is O=C(O)C1CCCCC1C(=O)c1ccc(C(F)(F)F)cc1. The van der Waals surface area contributed by atoms with Gasteiger partial charge in [-0.2, -0.15) is 13.2 Å². The van der Waals surface area contributed by atoms with Crippen LogP contribution in [0.2, 0.25) is 0 Å². The normalized spacial score (nSPS) is 22.8. The number of hydrogen-bond donors (Lipinski definition) is 1. The van der Waals surface area contributed by atoms with Crippen molar-refractivity contribution in [2.75, 3.05) is 0 Å². The lowest BCUT2D eigenvalue weighted by Crippen LogP contribution is -2.32. The summed E-state index contributed by atoms with van der Waals surface area (Å²) in [7, 11) is 0. The average Bonchev–Trinajstić information content (AvgIpc) is 2.45. The standard InChI is InChI=1S/C15H15F3O3/c16-15(17,18)10-7-5-9(6-8-10)13(19)11-3-1-2-4-12(11)14(20)21/h5-8,11-12H,1-4H2,(H,20,21). The summed E-state index contributed by atoms with van der Waals surface area (Å²) < 4.78 is 37.4. The third-order valence-electron chi connectivity index (χ3n) is 3.92. The number of carboxylic acid groups (broad SMARTS) is 1. The van der Waals surface area contributed by atoms with Crippen LogP contribution in [0.4, 0.5) is 13.2 Å². The summed E-state index contributed by atoms with van der Waals surface area (Å²) in [5, 5.41) is 9.15. The Hall–Kier alpha value is -1.85. The summed E-state index contributed by atoms with van der Waals surface area (Å²) in [6, 6.07) is 3.95. The fourth-order valence-corrected chi connectivity index (χ4v) is 2.78. The fourth-order valence-electron chi connectivity index (χ4n) is 2.78. The lowest BCUT2D eigenvalue weighted by molar-refractivity contribution is -0.144. The van der Waals surface area contributed by atoms with Gasteiger partial charge in [0.25, 0.3) is 0 Å². The molecule has 1 aromatic carbocycles. The Morgan fingerprint density at radius 3 is 2.00 bits per heavy atom. The van der Waals surface area contributed by atoms with Crippen molar-refractivity contribution in [3.63, 3.8) is 0 Å². The molecule has 3 nitrogen and oxygen atoms in total. The molecule has 1 N–H and O–H groups in total. The molecule has 2 unspecified atom stereocenters. The first-order valence-electron chi connectivity index (χ1n) is 6.75. The maximum atomic E-state index is 12.5. The van der Waals surface area contributed by atoms with E-state index in [2.05, 4.69) is 0 Å². The predicted molar refractivity (Wildman–Crippen MR) is 68.9 cm³/mol. The molecule has 1 aromatic rings. The molecule has 0 spiro atoms. The third-order valence-corrected chi connectivity index (χ3v) is 3.92. The van der Waals surface area contributed by atoms with Gasteiger partial charge in [0.05, 0.1) is 11.5 Å². The minimum Gasteiger partial charge on any atom is -0.481 e. The van der Waals surface area contributed by atoms with Gasteiger partial charge >= 0.3 is 12.1 Å². The molecule has 0 amide bonds. The van der Waals surface area contributed by atoms with Crippen molar-refractivity contribution in [3.05, 3.63) is 35.4 Å². The molecule has 0 saturated heterocycles. The number of hydrogen-bond acceptors (Lipinski definition) is 2. The summed E-state index contributed by atoms with van der Waals surface area (Å²) in [5.74, 6) is -2.78. The molecule has 2 rings (SSSR count). The molecule has 2 atom stereocenters. The molecule has 114 valence electrons. The molecule has 1 fully saturated rings. The van der Waals surface area contributed by atoms with Crippen molar-refractivity contribution >= 4 is 11.8 Å². The first-order valence-corrected chi connectivity index (χ1v) is 6.75. The van der Waals surface area contributed by atoms with Gasteiger partial charge in [0, 0.05) is 11.5 Å². The van der Waals surface area contributed by atoms with Crippen LogP contribution in [0, 0.1) is 11.8 Å². The van der Waals surface area contributed by atoms with Crippen LogP contribution < -0.4 is 0 Å². The van der Waals surface area contributed by atoms with E-state index >= 15 is 0 Å². The molecule has 0 heterocycles. The Labute approximate surface area is 119 Å². The van der Waals surface area contributed by atoms with Gasteiger partial charge in [0.15, 0.2) is 5.78 Å². The van der Waals surface area contributed by atoms with Crippen LogP contribution in [-0.4, -0.2) is 16.9 Å². The van der Waals surface area contributed by atoms with Gasteiger partial charge in [0.1, 0.15) is 0 Å². The lowest BCUT2D eigenvalue weighted by atomic mass is 9.75. The van der Waals surface area contributed by atoms with Gasteiger partial charge in [-0.05, 0) is 25.0 Å². The van der Waals surface area contributed by atoms with E-state index in [9.17, 15) is 22.8 Å². The van der Waals surface area contributed by atoms with Gasteiger partial charge in [-0.15, -0.1) is 0 Å². The maximum Gasteiger partial charge on any atom is 0.416 e. The largest absolute Gasteiger partial charge is 0.481 e. The zero-order valence-electron chi connectivity index (χ0n) is 11.2. The molecule has 0 aromatic heterocycles. The molecular formula is C15H15F3O3. The number of alkyl halides is 3. The quantitative estimate of drug-likeness (QED) is 0.864. The number of ketones is 1. The Morgan fingerprint density at radius 2 is 1.52 bits per heavy atom. The number of carboxylic acids is 1. The van der Waals surface area contributed by atoms with Gasteiger partial charge in [0.2, 0.25) is 0 Å². The summed E-state index contributed by atoms with van der Waals surface area (Å²) in [5.41, 5.74) is -0.682. The fraction of sp³-hybridized carbons (Fsp3) is 0.467. The van der Waals surface area contributed by atoms with E-state index in [-0.39, 0.29) is 11.3 Å². The van der Waals surface area contributed by atoms with E-state index in [0.29, 0.717) is 12.8 Å². The van der Waals surface area contributed by atoms with Crippen LogP contribution in [-0.2, 0) is 11.0 Å². The van der Waals surface area contributed by atoms with Crippen molar-refractivity contribution in [1.29, 1.82) is 0 Å². The van der Waals surface area contributed by atoms with Crippen molar-refractivity contribution in [1.82, 2.24) is 0 Å². The highest BCUT2D eigenvalue weighted by molar-refractivity contribution is 6.00. The number of halogens is 3. The average molecular weight is 300 g/mol. The number of rotatable bonds is 3. The van der Waals surface area contributed by atoms with Crippen LogP contribution in [0.5, 0.6) is 0 Å². The molecule has 21 heavy (non-hydrogen) atoms. The van der Waals surface area contributed by atoms with Crippen LogP contribution in [0.1, 0.15) is 41.6 Å². The molecule has 0 bridgehead atoms. The van der Waals surface area contributed by atoms with Gasteiger partial charge < -0.3 is 5.11 Å². The Balaban J connectivity index is 2.20. The zero-order valence-corrected chi connectivity index (χ0v) is 11.2. The predicted octanol–water partition coefficient (Wildman–Crippen LogP) is 3.78. The first-order chi connectivity index (χ1) is 9.80. The maximum absolute atomic E-state index is 12.5. The van der Waals surface area contributed by atoms with Crippen molar-refractivity contribution in [2.24, 2.45) is 11.8 Å². The monoisotopic (exact) mass is 300 g/mol. The molecular weight excluding hydrogens is 285 g/mol. The topological polar surface area (TPSA) is 54.4 Å². The highest BCUT2D eigenvalue weighted by atomic mass is 19.4. The Bertz CT molecular complexity index is 534. The van der Waals surface area contributed by atoms with E-state index in [1.54, 1.807) is 0 Å². The Kier molecular flexibility index (Phi) is 4.34. The van der Waals surface area contributed by atoms with Gasteiger partial charge in [-0.3, -0.25) is 9.59 Å². The molecule has 1 aliphatic rings. The van der Waals surface area contributed by atoms with E-state index in [0.717, 1.165) is 37.1 Å². The molecule has 0 radical (unpaired) electrons. The highest BCUT2D eigenvalue weighted by Crippen LogP contribution is 2.34. The van der Waals surface area contributed by atoms with Crippen LogP contribution in [0.15, 0.2) is 24.3 Å². The number of carbonyl (C=O) groups excluding carboxylic acids is 1. The van der Waals surface area contributed by atoms with Crippen molar-refractivity contribution in [3.8, 4) is 0 Å². The zero-order chi connectivity index (χ0) is 15.6. The lowest BCUT2D eigenvalue weighted by Gasteiger charge is -2.27. The summed E-state index contributed by atoms with van der Waals surface area (Å²) in [6.45, 7) is 0. The van der Waals surface area contributed by atoms with E-state index in [4.69, 9.17) is 5.11 Å². The first kappa shape index (κ1) is 15.5. The summed E-state index contributed by atoms with van der Waals surface area (Å²) >= 11 is 0. The van der Waals surface area contributed by atoms with Crippen LogP contribution >= 0.6 is 0 Å².